The molecule has 0 bridgehead atoms. The highest BCUT2D eigenvalue weighted by Gasteiger charge is 2.12. The van der Waals surface area contributed by atoms with Crippen molar-refractivity contribution in [1.29, 1.82) is 5.26 Å². The molecule has 0 atom stereocenters. The van der Waals surface area contributed by atoms with Gasteiger partial charge in [0.2, 0.25) is 0 Å². The SMILES string of the molecule is CCOC(=O)CSCC(=O)/C(C#N)=C(\C)N. The van der Waals surface area contributed by atoms with Crippen LogP contribution >= 0.6 is 11.8 Å². The number of thioether (sulfide) groups is 1. The van der Waals surface area contributed by atoms with E-state index in [1.807, 2.05) is 0 Å². The Bertz CT molecular complexity index is 340. The van der Waals surface area contributed by atoms with E-state index in [2.05, 4.69) is 4.74 Å². The van der Waals surface area contributed by atoms with Crippen LogP contribution in [-0.2, 0) is 14.3 Å². The zero-order valence-corrected chi connectivity index (χ0v) is 10.1. The van der Waals surface area contributed by atoms with E-state index in [0.29, 0.717) is 6.61 Å². The van der Waals surface area contributed by atoms with Gasteiger partial charge in [0.1, 0.15) is 11.6 Å². The van der Waals surface area contributed by atoms with Crippen molar-refractivity contribution in [3.8, 4) is 6.07 Å². The predicted octanol–water partition coefficient (Wildman–Crippen LogP) is 0.608. The number of nitrogens with zero attached hydrogens (tertiary/aromatic N) is 1. The number of hydrogen-bond donors (Lipinski definition) is 1. The number of ether oxygens (including phenoxy) is 1. The lowest BCUT2D eigenvalue weighted by atomic mass is 10.2. The topological polar surface area (TPSA) is 93.2 Å². The molecule has 0 saturated heterocycles. The Kier molecular flexibility index (Phi) is 7.05. The van der Waals surface area contributed by atoms with Crippen LogP contribution in [0, 0.1) is 11.3 Å². The molecule has 88 valence electrons. The second kappa shape index (κ2) is 7.77. The Morgan fingerprint density at radius 3 is 2.50 bits per heavy atom. The van der Waals surface area contributed by atoms with Gasteiger partial charge >= 0.3 is 5.97 Å². The molecule has 0 unspecified atom stereocenters. The van der Waals surface area contributed by atoms with Crippen molar-refractivity contribution >= 4 is 23.5 Å². The highest BCUT2D eigenvalue weighted by atomic mass is 32.2. The van der Waals surface area contributed by atoms with Gasteiger partial charge in [-0.3, -0.25) is 9.59 Å². The Morgan fingerprint density at radius 1 is 1.44 bits per heavy atom. The van der Waals surface area contributed by atoms with Crippen LogP contribution in [0.3, 0.4) is 0 Å². The third-order valence-corrected chi connectivity index (χ3v) is 2.45. The molecule has 0 spiro atoms. The quantitative estimate of drug-likeness (QED) is 0.416. The zero-order chi connectivity index (χ0) is 12.6. The van der Waals surface area contributed by atoms with Crippen LogP contribution in [0.5, 0.6) is 0 Å². The van der Waals surface area contributed by atoms with Crippen LogP contribution in [0.15, 0.2) is 11.3 Å². The summed E-state index contributed by atoms with van der Waals surface area (Å²) in [5.41, 5.74) is 5.52. The fourth-order valence-electron chi connectivity index (χ4n) is 0.872. The van der Waals surface area contributed by atoms with Crippen LogP contribution in [0.1, 0.15) is 13.8 Å². The molecule has 0 radical (unpaired) electrons. The molecule has 0 aromatic carbocycles. The summed E-state index contributed by atoms with van der Waals surface area (Å²) in [7, 11) is 0. The molecular weight excluding hydrogens is 228 g/mol. The molecule has 0 aliphatic rings. The zero-order valence-electron chi connectivity index (χ0n) is 9.28. The maximum atomic E-state index is 11.4. The van der Waals surface area contributed by atoms with Crippen LogP contribution < -0.4 is 5.73 Å². The number of nitrogens with two attached hydrogens (primary N) is 1. The molecule has 16 heavy (non-hydrogen) atoms. The van der Waals surface area contributed by atoms with E-state index in [-0.39, 0.29) is 34.5 Å². The molecule has 0 saturated carbocycles. The third-order valence-electron chi connectivity index (χ3n) is 1.54. The van der Waals surface area contributed by atoms with Crippen molar-refractivity contribution in [2.45, 2.75) is 13.8 Å². The van der Waals surface area contributed by atoms with Gasteiger partial charge in [-0.05, 0) is 13.8 Å². The summed E-state index contributed by atoms with van der Waals surface area (Å²) in [6, 6.07) is 1.74. The summed E-state index contributed by atoms with van der Waals surface area (Å²) in [6.45, 7) is 3.52. The van der Waals surface area contributed by atoms with Gasteiger partial charge in [0.15, 0.2) is 5.78 Å². The maximum Gasteiger partial charge on any atom is 0.315 e. The number of Topliss-reactive ketones (excluding diaryl/α,β-unsaturated/α-hetero) is 1. The molecule has 0 amide bonds. The number of carbonyl (C=O) groups is 2. The number of hydrogen-bond acceptors (Lipinski definition) is 6. The smallest absolute Gasteiger partial charge is 0.315 e. The molecule has 0 fully saturated rings. The second-order valence-corrected chi connectivity index (χ2v) is 3.88. The van der Waals surface area contributed by atoms with Crippen molar-refractivity contribution in [2.75, 3.05) is 18.1 Å². The average Bonchev–Trinajstić information content (AvgIpc) is 2.18. The second-order valence-electron chi connectivity index (χ2n) is 2.89. The lowest BCUT2D eigenvalue weighted by Crippen LogP contribution is -2.13. The first-order chi connectivity index (χ1) is 7.52. The van der Waals surface area contributed by atoms with Gasteiger partial charge in [0, 0.05) is 5.70 Å². The molecule has 0 rings (SSSR count). The molecule has 2 N–H and O–H groups in total. The monoisotopic (exact) mass is 242 g/mol. The Morgan fingerprint density at radius 2 is 2.06 bits per heavy atom. The van der Waals surface area contributed by atoms with Gasteiger partial charge in [0.25, 0.3) is 0 Å². The Labute approximate surface area is 98.6 Å². The van der Waals surface area contributed by atoms with Crippen molar-refractivity contribution < 1.29 is 14.3 Å². The van der Waals surface area contributed by atoms with Crippen LogP contribution in [0.2, 0.25) is 0 Å². The Hall–Kier alpha value is -1.48. The first-order valence-corrected chi connectivity index (χ1v) is 5.81. The summed E-state index contributed by atoms with van der Waals surface area (Å²) >= 11 is 1.11. The van der Waals surface area contributed by atoms with E-state index in [4.69, 9.17) is 11.0 Å². The maximum absolute atomic E-state index is 11.4. The summed E-state index contributed by atoms with van der Waals surface area (Å²) < 4.78 is 4.69. The first kappa shape index (κ1) is 14.5. The highest BCUT2D eigenvalue weighted by molar-refractivity contribution is 8.00. The standard InChI is InChI=1S/C10H14N2O3S/c1-3-15-10(14)6-16-5-9(13)8(4-11)7(2)12/h3,5-6,12H2,1-2H3/b8-7+. The summed E-state index contributed by atoms with van der Waals surface area (Å²) in [5.74, 6) is -0.581. The third kappa shape index (κ3) is 5.41. The number of esters is 1. The van der Waals surface area contributed by atoms with E-state index >= 15 is 0 Å². The summed E-state index contributed by atoms with van der Waals surface area (Å²) in [5, 5.41) is 8.65. The van der Waals surface area contributed by atoms with Crippen LogP contribution in [-0.4, -0.2) is 29.9 Å². The van der Waals surface area contributed by atoms with Gasteiger partial charge in [-0.2, -0.15) is 5.26 Å². The lowest BCUT2D eigenvalue weighted by Gasteiger charge is -2.02. The fourth-order valence-corrected chi connectivity index (χ4v) is 1.55. The first-order valence-electron chi connectivity index (χ1n) is 4.65. The summed E-state index contributed by atoms with van der Waals surface area (Å²) in [6.07, 6.45) is 0. The molecule has 0 heterocycles. The summed E-state index contributed by atoms with van der Waals surface area (Å²) in [4.78, 5) is 22.4. The van der Waals surface area contributed by atoms with Crippen molar-refractivity contribution in [3.63, 3.8) is 0 Å². The molecule has 6 heteroatoms. The van der Waals surface area contributed by atoms with Gasteiger partial charge in [-0.25, -0.2) is 0 Å². The molecule has 0 aliphatic carbocycles. The van der Waals surface area contributed by atoms with E-state index in [9.17, 15) is 9.59 Å². The number of rotatable bonds is 6. The van der Waals surface area contributed by atoms with E-state index in [0.717, 1.165) is 11.8 Å². The normalized spacial score (nSPS) is 11.3. The number of allylic oxidation sites excluding steroid dienone is 2. The largest absolute Gasteiger partial charge is 0.465 e. The van der Waals surface area contributed by atoms with E-state index in [1.165, 1.54) is 6.92 Å². The average molecular weight is 242 g/mol. The van der Waals surface area contributed by atoms with E-state index in [1.54, 1.807) is 13.0 Å². The minimum atomic E-state index is -0.368. The molecule has 0 aliphatic heterocycles. The van der Waals surface area contributed by atoms with Gasteiger partial charge < -0.3 is 10.5 Å². The molecular formula is C10H14N2O3S. The molecule has 0 aromatic heterocycles. The van der Waals surface area contributed by atoms with Crippen molar-refractivity contribution in [3.05, 3.63) is 11.3 Å². The molecule has 5 nitrogen and oxygen atoms in total. The fraction of sp³-hybridized carbons (Fsp3) is 0.500. The van der Waals surface area contributed by atoms with Gasteiger partial charge in [0.05, 0.1) is 18.1 Å². The number of ketones is 1. The predicted molar refractivity (Wildman–Crippen MR) is 61.5 cm³/mol. The van der Waals surface area contributed by atoms with Crippen molar-refractivity contribution in [2.24, 2.45) is 5.73 Å². The Balaban J connectivity index is 4.06. The van der Waals surface area contributed by atoms with Crippen LogP contribution in [0.25, 0.3) is 0 Å². The molecule has 0 aromatic rings. The van der Waals surface area contributed by atoms with Crippen molar-refractivity contribution in [1.82, 2.24) is 0 Å². The van der Waals surface area contributed by atoms with Gasteiger partial charge in [-0.1, -0.05) is 0 Å². The minimum absolute atomic E-state index is 0.0450. The number of carbonyl (C=O) groups excluding carboxylic acids is 2. The number of nitriles is 1. The van der Waals surface area contributed by atoms with Crippen LogP contribution in [0.4, 0.5) is 0 Å². The van der Waals surface area contributed by atoms with E-state index < -0.39 is 0 Å². The lowest BCUT2D eigenvalue weighted by molar-refractivity contribution is -0.139. The minimum Gasteiger partial charge on any atom is -0.465 e. The highest BCUT2D eigenvalue weighted by Crippen LogP contribution is 2.07. The van der Waals surface area contributed by atoms with Gasteiger partial charge in [-0.15, -0.1) is 11.8 Å².